The van der Waals surface area contributed by atoms with Gasteiger partial charge in [-0.15, -0.1) is 0 Å². The van der Waals surface area contributed by atoms with Crippen LogP contribution in [-0.4, -0.2) is 36.2 Å². The van der Waals surface area contributed by atoms with E-state index in [0.29, 0.717) is 12.4 Å². The molecule has 1 unspecified atom stereocenters. The van der Waals surface area contributed by atoms with Gasteiger partial charge in [0.15, 0.2) is 0 Å². The normalized spacial score (nSPS) is 11.8. The molecule has 0 fully saturated rings. The molecule has 8 nitrogen and oxygen atoms in total. The molecule has 0 radical (unpaired) electrons. The van der Waals surface area contributed by atoms with E-state index in [2.05, 4.69) is 10.6 Å². The summed E-state index contributed by atoms with van der Waals surface area (Å²) in [5.41, 5.74) is 1.11. The van der Waals surface area contributed by atoms with Crippen molar-refractivity contribution in [2.75, 3.05) is 6.61 Å². The highest BCUT2D eigenvalue weighted by Gasteiger charge is 2.27. The standard InChI is InChI=1S/C25H32N2O6/c1-5-31-22(28)15-21(27-24(30)33-25(2,3)4)23(29)26-16-19-12-9-13-20(14-19)32-17-18-10-7-6-8-11-18/h6-14,21H,5,15-17H2,1-4H3,(H,26,29)(H,27,30). The summed E-state index contributed by atoms with van der Waals surface area (Å²) in [6.07, 6.45) is -1.10. The van der Waals surface area contributed by atoms with Gasteiger partial charge in [-0.1, -0.05) is 42.5 Å². The predicted molar refractivity (Wildman–Crippen MR) is 123 cm³/mol. The van der Waals surface area contributed by atoms with E-state index in [1.165, 1.54) is 0 Å². The summed E-state index contributed by atoms with van der Waals surface area (Å²) in [5, 5.41) is 5.19. The molecule has 0 saturated heterocycles. The summed E-state index contributed by atoms with van der Waals surface area (Å²) in [4.78, 5) is 36.8. The van der Waals surface area contributed by atoms with Crippen molar-refractivity contribution in [2.24, 2.45) is 0 Å². The maximum absolute atomic E-state index is 12.7. The Kier molecular flexibility index (Phi) is 9.72. The Morgan fingerprint density at radius 3 is 2.33 bits per heavy atom. The van der Waals surface area contributed by atoms with Gasteiger partial charge in [0.2, 0.25) is 5.91 Å². The number of amides is 2. The fraction of sp³-hybridized carbons (Fsp3) is 0.400. The van der Waals surface area contributed by atoms with Crippen LogP contribution in [0.15, 0.2) is 54.6 Å². The highest BCUT2D eigenvalue weighted by atomic mass is 16.6. The number of esters is 1. The van der Waals surface area contributed by atoms with Crippen molar-refractivity contribution in [3.05, 3.63) is 65.7 Å². The van der Waals surface area contributed by atoms with E-state index >= 15 is 0 Å². The first-order valence-electron chi connectivity index (χ1n) is 10.8. The van der Waals surface area contributed by atoms with E-state index in [9.17, 15) is 14.4 Å². The number of hydrogen-bond donors (Lipinski definition) is 2. The maximum Gasteiger partial charge on any atom is 0.408 e. The molecule has 2 N–H and O–H groups in total. The van der Waals surface area contributed by atoms with Crippen LogP contribution in [-0.2, 0) is 32.2 Å². The lowest BCUT2D eigenvalue weighted by atomic mass is 10.1. The second-order valence-corrected chi connectivity index (χ2v) is 8.35. The Labute approximate surface area is 194 Å². The molecule has 0 aromatic heterocycles. The highest BCUT2D eigenvalue weighted by molar-refractivity contribution is 5.89. The van der Waals surface area contributed by atoms with Crippen molar-refractivity contribution in [2.45, 2.75) is 58.9 Å². The van der Waals surface area contributed by atoms with Gasteiger partial charge in [-0.05, 0) is 51.0 Å². The lowest BCUT2D eigenvalue weighted by Gasteiger charge is -2.23. The lowest BCUT2D eigenvalue weighted by molar-refractivity contribution is -0.145. The first-order chi connectivity index (χ1) is 15.7. The van der Waals surface area contributed by atoms with Crippen LogP contribution >= 0.6 is 0 Å². The fourth-order valence-electron chi connectivity index (χ4n) is 2.84. The van der Waals surface area contributed by atoms with Crippen LogP contribution in [0.4, 0.5) is 4.79 Å². The number of benzene rings is 2. The summed E-state index contributed by atoms with van der Waals surface area (Å²) in [7, 11) is 0. The van der Waals surface area contributed by atoms with Gasteiger partial charge in [0.05, 0.1) is 13.0 Å². The lowest BCUT2D eigenvalue weighted by Crippen LogP contribution is -2.49. The average Bonchev–Trinajstić information content (AvgIpc) is 2.75. The molecule has 0 heterocycles. The Morgan fingerprint density at radius 2 is 1.67 bits per heavy atom. The Morgan fingerprint density at radius 1 is 0.970 bits per heavy atom. The van der Waals surface area contributed by atoms with E-state index in [0.717, 1.165) is 11.1 Å². The molecule has 0 aliphatic carbocycles. The molecule has 0 bridgehead atoms. The molecule has 33 heavy (non-hydrogen) atoms. The second-order valence-electron chi connectivity index (χ2n) is 8.35. The third-order valence-corrected chi connectivity index (χ3v) is 4.30. The third kappa shape index (κ3) is 10.1. The summed E-state index contributed by atoms with van der Waals surface area (Å²) < 4.78 is 15.9. The molecule has 2 aromatic rings. The van der Waals surface area contributed by atoms with E-state index in [-0.39, 0.29) is 19.6 Å². The Balaban J connectivity index is 1.97. The van der Waals surface area contributed by atoms with Gasteiger partial charge in [0, 0.05) is 6.54 Å². The zero-order valence-corrected chi connectivity index (χ0v) is 19.6. The number of ether oxygens (including phenoxy) is 3. The molecule has 1 atom stereocenters. The number of nitrogens with one attached hydrogen (secondary N) is 2. The zero-order chi connectivity index (χ0) is 24.3. The highest BCUT2D eigenvalue weighted by Crippen LogP contribution is 2.15. The maximum atomic E-state index is 12.7. The number of carbonyl (C=O) groups is 3. The Hall–Kier alpha value is -3.55. The SMILES string of the molecule is CCOC(=O)CC(NC(=O)OC(C)(C)C)C(=O)NCc1cccc(OCc2ccccc2)c1. The van der Waals surface area contributed by atoms with Gasteiger partial charge in [-0.25, -0.2) is 4.79 Å². The quantitative estimate of drug-likeness (QED) is 0.528. The smallest absolute Gasteiger partial charge is 0.408 e. The molecular formula is C25H32N2O6. The van der Waals surface area contributed by atoms with Gasteiger partial charge in [-0.3, -0.25) is 9.59 Å². The van der Waals surface area contributed by atoms with Crippen molar-refractivity contribution < 1.29 is 28.6 Å². The molecule has 8 heteroatoms. The Bertz CT molecular complexity index is 924. The molecule has 178 valence electrons. The van der Waals surface area contributed by atoms with E-state index in [1.54, 1.807) is 27.7 Å². The summed E-state index contributed by atoms with van der Waals surface area (Å²) in [6.45, 7) is 7.59. The van der Waals surface area contributed by atoms with E-state index in [1.807, 2.05) is 54.6 Å². The summed E-state index contributed by atoms with van der Waals surface area (Å²) >= 11 is 0. The van der Waals surface area contributed by atoms with Crippen LogP contribution in [0.3, 0.4) is 0 Å². The predicted octanol–water partition coefficient (Wildman–Crippen LogP) is 3.73. The monoisotopic (exact) mass is 456 g/mol. The van der Waals surface area contributed by atoms with Gasteiger partial charge in [-0.2, -0.15) is 0 Å². The molecular weight excluding hydrogens is 424 g/mol. The van der Waals surface area contributed by atoms with E-state index < -0.39 is 29.6 Å². The number of alkyl carbamates (subject to hydrolysis) is 1. The van der Waals surface area contributed by atoms with Crippen LogP contribution in [0.1, 0.15) is 45.2 Å². The van der Waals surface area contributed by atoms with Crippen molar-refractivity contribution in [3.8, 4) is 5.75 Å². The number of rotatable bonds is 10. The molecule has 0 aliphatic heterocycles. The van der Waals surface area contributed by atoms with Crippen molar-refractivity contribution >= 4 is 18.0 Å². The largest absolute Gasteiger partial charge is 0.489 e. The topological polar surface area (TPSA) is 103 Å². The first kappa shape index (κ1) is 25.7. The summed E-state index contributed by atoms with van der Waals surface area (Å²) in [6, 6.07) is 16.0. The average molecular weight is 457 g/mol. The van der Waals surface area contributed by atoms with Crippen LogP contribution < -0.4 is 15.4 Å². The summed E-state index contributed by atoms with van der Waals surface area (Å²) in [5.74, 6) is -0.449. The van der Waals surface area contributed by atoms with Crippen LogP contribution in [0, 0.1) is 0 Å². The van der Waals surface area contributed by atoms with Crippen molar-refractivity contribution in [3.63, 3.8) is 0 Å². The number of carbonyl (C=O) groups excluding carboxylic acids is 3. The van der Waals surface area contributed by atoms with Crippen molar-refractivity contribution in [1.82, 2.24) is 10.6 Å². The van der Waals surface area contributed by atoms with Gasteiger partial charge >= 0.3 is 12.1 Å². The second kappa shape index (κ2) is 12.5. The van der Waals surface area contributed by atoms with Crippen LogP contribution in [0.5, 0.6) is 5.75 Å². The third-order valence-electron chi connectivity index (χ3n) is 4.30. The van der Waals surface area contributed by atoms with Crippen LogP contribution in [0.25, 0.3) is 0 Å². The minimum absolute atomic E-state index is 0.176. The minimum Gasteiger partial charge on any atom is -0.489 e. The zero-order valence-electron chi connectivity index (χ0n) is 19.6. The number of hydrogen-bond acceptors (Lipinski definition) is 6. The molecule has 2 amide bonds. The van der Waals surface area contributed by atoms with Gasteiger partial charge < -0.3 is 24.8 Å². The molecule has 2 rings (SSSR count). The van der Waals surface area contributed by atoms with Gasteiger partial charge in [0.25, 0.3) is 0 Å². The van der Waals surface area contributed by atoms with Crippen molar-refractivity contribution in [1.29, 1.82) is 0 Å². The molecule has 0 spiro atoms. The van der Waals surface area contributed by atoms with E-state index in [4.69, 9.17) is 14.2 Å². The van der Waals surface area contributed by atoms with Gasteiger partial charge in [0.1, 0.15) is 24.0 Å². The van der Waals surface area contributed by atoms with Crippen LogP contribution in [0.2, 0.25) is 0 Å². The fourth-order valence-corrected chi connectivity index (χ4v) is 2.84. The molecule has 2 aromatic carbocycles. The minimum atomic E-state index is -1.13. The molecule has 0 aliphatic rings. The molecule has 0 saturated carbocycles. The first-order valence-corrected chi connectivity index (χ1v) is 10.8.